The van der Waals surface area contributed by atoms with Crippen LogP contribution in [0.2, 0.25) is 0 Å². The van der Waals surface area contributed by atoms with Gasteiger partial charge in [0.15, 0.2) is 0 Å². The summed E-state index contributed by atoms with van der Waals surface area (Å²) < 4.78 is 10.1. The molecule has 1 aromatic carbocycles. The summed E-state index contributed by atoms with van der Waals surface area (Å²) >= 11 is 0. The maximum Gasteiger partial charge on any atom is 0.341 e. The second-order valence-corrected chi connectivity index (χ2v) is 4.81. The van der Waals surface area contributed by atoms with Crippen LogP contribution in [-0.2, 0) is 9.53 Å². The van der Waals surface area contributed by atoms with E-state index >= 15 is 0 Å². The second-order valence-electron chi connectivity index (χ2n) is 4.81. The van der Waals surface area contributed by atoms with Crippen molar-refractivity contribution in [3.8, 4) is 5.75 Å². The Hall–Kier alpha value is -1.99. The Morgan fingerprint density at radius 1 is 1.19 bits per heavy atom. The topological polar surface area (TPSA) is 35.5 Å². The van der Waals surface area contributed by atoms with Crippen LogP contribution in [-0.4, -0.2) is 20.2 Å². The number of carbonyl (C=O) groups excluding carboxylic acids is 1. The van der Waals surface area contributed by atoms with Gasteiger partial charge in [-0.1, -0.05) is 44.4 Å². The van der Waals surface area contributed by atoms with E-state index in [1.807, 2.05) is 24.3 Å². The summed E-state index contributed by atoms with van der Waals surface area (Å²) in [5, 5.41) is 0. The molecule has 0 amide bonds. The van der Waals surface area contributed by atoms with Crippen molar-refractivity contribution >= 4 is 12.0 Å². The number of esters is 1. The number of para-hydroxylation sites is 1. The van der Waals surface area contributed by atoms with Gasteiger partial charge in [-0.05, 0) is 25.0 Å². The van der Waals surface area contributed by atoms with Crippen molar-refractivity contribution in [1.82, 2.24) is 0 Å². The average molecular weight is 288 g/mol. The van der Waals surface area contributed by atoms with Gasteiger partial charge in [0.05, 0.1) is 19.8 Å². The van der Waals surface area contributed by atoms with E-state index in [2.05, 4.69) is 12.7 Å². The third-order valence-corrected chi connectivity index (χ3v) is 3.25. The molecule has 0 aliphatic heterocycles. The van der Waals surface area contributed by atoms with Crippen molar-refractivity contribution in [3.63, 3.8) is 0 Å². The van der Waals surface area contributed by atoms with Gasteiger partial charge in [-0.3, -0.25) is 0 Å². The van der Waals surface area contributed by atoms with Crippen LogP contribution < -0.4 is 4.74 Å². The number of benzene rings is 1. The normalized spacial score (nSPS) is 9.67. The maximum atomic E-state index is 11.8. The van der Waals surface area contributed by atoms with Crippen LogP contribution in [0.3, 0.4) is 0 Å². The summed E-state index contributed by atoms with van der Waals surface area (Å²) in [7, 11) is 3.03. The summed E-state index contributed by atoms with van der Waals surface area (Å²) in [6.45, 7) is 2.17. The zero-order valence-electron chi connectivity index (χ0n) is 13.1. The fraction of sp³-hybridized carbons (Fsp3) is 0.444. The highest BCUT2D eigenvalue weighted by Gasteiger charge is 2.08. The van der Waals surface area contributed by atoms with Gasteiger partial charge in [-0.25, -0.2) is 4.79 Å². The van der Waals surface area contributed by atoms with Gasteiger partial charge in [-0.15, -0.1) is 5.73 Å². The van der Waals surface area contributed by atoms with E-state index in [9.17, 15) is 4.79 Å². The van der Waals surface area contributed by atoms with E-state index in [0.717, 1.165) is 24.2 Å². The SMILES string of the molecule is CCCCCCC(=C=Cc1ccccc1OC)C(=O)OC. The minimum Gasteiger partial charge on any atom is -0.496 e. The van der Waals surface area contributed by atoms with E-state index in [0.29, 0.717) is 12.0 Å². The summed E-state index contributed by atoms with van der Waals surface area (Å²) in [6, 6.07) is 7.64. The van der Waals surface area contributed by atoms with Gasteiger partial charge in [0, 0.05) is 5.56 Å². The lowest BCUT2D eigenvalue weighted by Gasteiger charge is -2.04. The van der Waals surface area contributed by atoms with Crippen LogP contribution in [0, 0.1) is 0 Å². The van der Waals surface area contributed by atoms with Crippen molar-refractivity contribution in [2.45, 2.75) is 39.0 Å². The highest BCUT2D eigenvalue weighted by Crippen LogP contribution is 2.19. The molecule has 3 heteroatoms. The molecule has 0 unspecified atom stereocenters. The zero-order valence-corrected chi connectivity index (χ0v) is 13.1. The molecular weight excluding hydrogens is 264 g/mol. The Labute approximate surface area is 127 Å². The lowest BCUT2D eigenvalue weighted by molar-refractivity contribution is -0.136. The molecule has 0 aromatic heterocycles. The first-order chi connectivity index (χ1) is 10.2. The predicted molar refractivity (Wildman–Crippen MR) is 85.3 cm³/mol. The lowest BCUT2D eigenvalue weighted by atomic mass is 10.1. The number of hydrogen-bond donors (Lipinski definition) is 0. The zero-order chi connectivity index (χ0) is 15.5. The first-order valence-corrected chi connectivity index (χ1v) is 7.39. The summed E-state index contributed by atoms with van der Waals surface area (Å²) in [4.78, 5) is 11.8. The molecule has 21 heavy (non-hydrogen) atoms. The van der Waals surface area contributed by atoms with Gasteiger partial charge >= 0.3 is 5.97 Å². The Morgan fingerprint density at radius 3 is 2.62 bits per heavy atom. The first kappa shape index (κ1) is 17.1. The van der Waals surface area contributed by atoms with Crippen LogP contribution >= 0.6 is 0 Å². The maximum absolute atomic E-state index is 11.8. The van der Waals surface area contributed by atoms with Crippen molar-refractivity contribution < 1.29 is 14.3 Å². The van der Waals surface area contributed by atoms with Crippen molar-refractivity contribution in [2.75, 3.05) is 14.2 Å². The highest BCUT2D eigenvalue weighted by atomic mass is 16.5. The van der Waals surface area contributed by atoms with Crippen LogP contribution in [0.1, 0.15) is 44.6 Å². The molecule has 0 saturated carbocycles. The van der Waals surface area contributed by atoms with Gasteiger partial charge in [0.25, 0.3) is 0 Å². The molecule has 0 atom stereocenters. The van der Waals surface area contributed by atoms with Crippen LogP contribution in [0.5, 0.6) is 5.75 Å². The van der Waals surface area contributed by atoms with Crippen LogP contribution in [0.4, 0.5) is 0 Å². The fourth-order valence-corrected chi connectivity index (χ4v) is 2.04. The highest BCUT2D eigenvalue weighted by molar-refractivity contribution is 5.88. The molecule has 1 aromatic rings. The molecule has 0 N–H and O–H groups in total. The second kappa shape index (κ2) is 9.84. The van der Waals surface area contributed by atoms with E-state index < -0.39 is 0 Å². The monoisotopic (exact) mass is 288 g/mol. The Bertz CT molecular complexity index is 511. The average Bonchev–Trinajstić information content (AvgIpc) is 2.53. The summed E-state index contributed by atoms with van der Waals surface area (Å²) in [5.41, 5.74) is 4.56. The largest absolute Gasteiger partial charge is 0.496 e. The van der Waals surface area contributed by atoms with E-state index in [-0.39, 0.29) is 5.97 Å². The third kappa shape index (κ3) is 5.88. The number of unbranched alkanes of at least 4 members (excludes halogenated alkanes) is 3. The van der Waals surface area contributed by atoms with Crippen LogP contribution in [0.25, 0.3) is 6.08 Å². The minimum absolute atomic E-state index is 0.308. The third-order valence-electron chi connectivity index (χ3n) is 3.25. The smallest absolute Gasteiger partial charge is 0.341 e. The quantitative estimate of drug-likeness (QED) is 0.308. The van der Waals surface area contributed by atoms with Gasteiger partial charge in [0.2, 0.25) is 0 Å². The van der Waals surface area contributed by atoms with Crippen molar-refractivity contribution in [2.24, 2.45) is 0 Å². The van der Waals surface area contributed by atoms with E-state index in [1.54, 1.807) is 13.2 Å². The lowest BCUT2D eigenvalue weighted by Crippen LogP contribution is -2.03. The molecule has 0 saturated heterocycles. The molecule has 0 aliphatic carbocycles. The number of carbonyl (C=O) groups is 1. The molecule has 0 spiro atoms. The molecule has 0 heterocycles. The van der Waals surface area contributed by atoms with E-state index in [1.165, 1.54) is 20.0 Å². The van der Waals surface area contributed by atoms with Crippen molar-refractivity contribution in [3.05, 3.63) is 41.1 Å². The molecule has 114 valence electrons. The number of hydrogen-bond acceptors (Lipinski definition) is 3. The van der Waals surface area contributed by atoms with E-state index in [4.69, 9.17) is 9.47 Å². The Balaban J connectivity index is 2.90. The minimum atomic E-state index is -0.308. The molecule has 1 rings (SSSR count). The molecule has 0 bridgehead atoms. The summed E-state index contributed by atoms with van der Waals surface area (Å²) in [6.07, 6.45) is 6.93. The summed E-state index contributed by atoms with van der Waals surface area (Å²) in [5.74, 6) is 0.456. The predicted octanol–water partition coefficient (Wildman–Crippen LogP) is 4.38. The van der Waals surface area contributed by atoms with Crippen molar-refractivity contribution in [1.29, 1.82) is 0 Å². The first-order valence-electron chi connectivity index (χ1n) is 7.39. The fourth-order valence-electron chi connectivity index (χ4n) is 2.04. The molecular formula is C18H24O3. The molecule has 0 radical (unpaired) electrons. The van der Waals surface area contributed by atoms with Gasteiger partial charge in [-0.2, -0.15) is 0 Å². The molecule has 0 aliphatic rings. The molecule has 3 nitrogen and oxygen atoms in total. The van der Waals surface area contributed by atoms with Crippen LogP contribution in [0.15, 0.2) is 35.6 Å². The number of rotatable bonds is 8. The Kier molecular flexibility index (Phi) is 8.00. The Morgan fingerprint density at radius 2 is 1.95 bits per heavy atom. The van der Waals surface area contributed by atoms with Gasteiger partial charge < -0.3 is 9.47 Å². The number of methoxy groups -OCH3 is 2. The number of ether oxygens (including phenoxy) is 2. The molecule has 0 fully saturated rings. The van der Waals surface area contributed by atoms with Gasteiger partial charge in [0.1, 0.15) is 5.75 Å². The standard InChI is InChI=1S/C18H24O3/c1-4-5-6-7-11-16(18(19)21-3)14-13-15-10-8-9-12-17(15)20-2/h8-10,12-13H,4-7,11H2,1-3H3.